The quantitative estimate of drug-likeness (QED) is 0.481. The number of aliphatic hydroxyl groups excluding tert-OH is 1. The Bertz CT molecular complexity index is 455. The van der Waals surface area contributed by atoms with Crippen LogP contribution in [0.4, 0.5) is 11.4 Å². The topological polar surface area (TPSA) is 84.6 Å². The molecule has 0 aliphatic rings. The third-order valence-corrected chi connectivity index (χ3v) is 4.29. The summed E-state index contributed by atoms with van der Waals surface area (Å²) in [6, 6.07) is 5.15. The molecule has 1 atom stereocenters. The van der Waals surface area contributed by atoms with Crippen molar-refractivity contribution in [3.05, 3.63) is 18.2 Å². The lowest BCUT2D eigenvalue weighted by atomic mass is 10.2. The van der Waals surface area contributed by atoms with Gasteiger partial charge in [-0.05, 0) is 36.0 Å². The number of ether oxygens (including phenoxy) is 1. The second-order valence-electron chi connectivity index (χ2n) is 4.97. The summed E-state index contributed by atoms with van der Waals surface area (Å²) in [5, 5.41) is 11.7. The number of carbonyl (C=O) groups excluding carboxylic acids is 1. The van der Waals surface area contributed by atoms with Crippen molar-refractivity contribution >= 4 is 29.0 Å². The van der Waals surface area contributed by atoms with Crippen LogP contribution in [0.3, 0.4) is 0 Å². The molecule has 118 valence electrons. The molecule has 1 aromatic carbocycles. The van der Waals surface area contributed by atoms with Crippen LogP contribution in [0.1, 0.15) is 19.8 Å². The van der Waals surface area contributed by atoms with Crippen molar-refractivity contribution in [1.82, 2.24) is 0 Å². The summed E-state index contributed by atoms with van der Waals surface area (Å²) < 4.78 is 5.19. The number of amides is 1. The highest BCUT2D eigenvalue weighted by Gasteiger charge is 2.08. The predicted molar refractivity (Wildman–Crippen MR) is 88.8 cm³/mol. The van der Waals surface area contributed by atoms with Gasteiger partial charge in [-0.3, -0.25) is 4.79 Å². The number of nitrogens with two attached hydrogens (primary N) is 1. The van der Waals surface area contributed by atoms with E-state index in [9.17, 15) is 4.79 Å². The molecule has 0 fully saturated rings. The summed E-state index contributed by atoms with van der Waals surface area (Å²) in [6.07, 6.45) is 1.28. The molecule has 0 saturated carbocycles. The summed E-state index contributed by atoms with van der Waals surface area (Å²) in [4.78, 5) is 11.9. The van der Waals surface area contributed by atoms with Crippen molar-refractivity contribution < 1.29 is 14.6 Å². The van der Waals surface area contributed by atoms with Crippen LogP contribution in [-0.4, -0.2) is 36.2 Å². The van der Waals surface area contributed by atoms with Crippen LogP contribution in [-0.2, 0) is 4.79 Å². The van der Waals surface area contributed by atoms with Crippen LogP contribution < -0.4 is 15.8 Å². The molecule has 0 aromatic heterocycles. The number of hydrogen-bond acceptors (Lipinski definition) is 5. The number of nitrogens with one attached hydrogen (secondary N) is 1. The highest BCUT2D eigenvalue weighted by Crippen LogP contribution is 2.26. The molecule has 1 unspecified atom stereocenters. The van der Waals surface area contributed by atoms with Gasteiger partial charge >= 0.3 is 0 Å². The van der Waals surface area contributed by atoms with Crippen molar-refractivity contribution in [2.45, 2.75) is 19.8 Å². The Morgan fingerprint density at radius 1 is 1.52 bits per heavy atom. The maximum Gasteiger partial charge on any atom is 0.224 e. The third-order valence-electron chi connectivity index (χ3n) is 2.91. The molecular weight excluding hydrogens is 288 g/mol. The maximum absolute atomic E-state index is 11.9. The Balaban J connectivity index is 2.31. The van der Waals surface area contributed by atoms with Crippen molar-refractivity contribution in [3.8, 4) is 5.75 Å². The Labute approximate surface area is 130 Å². The van der Waals surface area contributed by atoms with Gasteiger partial charge in [0.15, 0.2) is 0 Å². The third kappa shape index (κ3) is 6.73. The van der Waals surface area contributed by atoms with E-state index in [0.717, 1.165) is 17.9 Å². The van der Waals surface area contributed by atoms with Crippen molar-refractivity contribution in [2.24, 2.45) is 5.92 Å². The maximum atomic E-state index is 11.9. The normalized spacial score (nSPS) is 12.0. The molecule has 0 bridgehead atoms. The Kier molecular flexibility index (Phi) is 8.00. The summed E-state index contributed by atoms with van der Waals surface area (Å²) in [7, 11) is 1.55. The first-order chi connectivity index (χ1) is 10.1. The largest absolute Gasteiger partial charge is 0.494 e. The molecule has 4 N–H and O–H groups in total. The second-order valence-corrected chi connectivity index (χ2v) is 6.12. The standard InChI is InChI=1S/C15H24N2O3S/c1-11(9-18)10-21-7-3-4-15(19)17-13-6-5-12(16)8-14(13)20-2/h5-6,8,11,18H,3-4,7,9-10,16H2,1-2H3,(H,17,19). The van der Waals surface area contributed by atoms with E-state index in [2.05, 4.69) is 5.32 Å². The molecule has 1 rings (SSSR count). The van der Waals surface area contributed by atoms with Gasteiger partial charge < -0.3 is 20.9 Å². The van der Waals surface area contributed by atoms with Crippen LogP contribution in [0.5, 0.6) is 5.75 Å². The van der Waals surface area contributed by atoms with Gasteiger partial charge in [-0.15, -0.1) is 0 Å². The number of benzene rings is 1. The molecule has 6 heteroatoms. The van der Waals surface area contributed by atoms with Crippen LogP contribution in [0.2, 0.25) is 0 Å². The molecule has 0 saturated heterocycles. The minimum Gasteiger partial charge on any atom is -0.494 e. The highest BCUT2D eigenvalue weighted by molar-refractivity contribution is 7.99. The van der Waals surface area contributed by atoms with Gasteiger partial charge in [-0.25, -0.2) is 0 Å². The lowest BCUT2D eigenvalue weighted by Crippen LogP contribution is -2.12. The van der Waals surface area contributed by atoms with E-state index in [-0.39, 0.29) is 12.5 Å². The molecule has 0 spiro atoms. The van der Waals surface area contributed by atoms with Crippen molar-refractivity contribution in [3.63, 3.8) is 0 Å². The van der Waals surface area contributed by atoms with Gasteiger partial charge in [-0.2, -0.15) is 11.8 Å². The molecule has 0 aliphatic carbocycles. The smallest absolute Gasteiger partial charge is 0.224 e. The lowest BCUT2D eigenvalue weighted by Gasteiger charge is -2.11. The molecule has 1 aromatic rings. The number of rotatable bonds is 9. The number of thioether (sulfide) groups is 1. The van der Waals surface area contributed by atoms with E-state index in [4.69, 9.17) is 15.6 Å². The number of nitrogen functional groups attached to an aromatic ring is 1. The highest BCUT2D eigenvalue weighted by atomic mass is 32.2. The van der Waals surface area contributed by atoms with E-state index >= 15 is 0 Å². The second kappa shape index (κ2) is 9.52. The van der Waals surface area contributed by atoms with Gasteiger partial charge in [-0.1, -0.05) is 6.92 Å². The van der Waals surface area contributed by atoms with Crippen LogP contribution in [0.25, 0.3) is 0 Å². The van der Waals surface area contributed by atoms with Gasteiger partial charge in [0.25, 0.3) is 0 Å². The molecule has 0 radical (unpaired) electrons. The molecule has 5 nitrogen and oxygen atoms in total. The monoisotopic (exact) mass is 312 g/mol. The number of anilines is 2. The first-order valence-electron chi connectivity index (χ1n) is 6.98. The molecular formula is C15H24N2O3S. The predicted octanol–water partition coefficient (Wildman–Crippen LogP) is 2.36. The van der Waals surface area contributed by atoms with Gasteiger partial charge in [0.05, 0.1) is 12.8 Å². The lowest BCUT2D eigenvalue weighted by molar-refractivity contribution is -0.116. The fourth-order valence-corrected chi connectivity index (χ4v) is 2.72. The summed E-state index contributed by atoms with van der Waals surface area (Å²) in [5.41, 5.74) is 6.90. The SMILES string of the molecule is COc1cc(N)ccc1NC(=O)CCCSCC(C)CO. The summed E-state index contributed by atoms with van der Waals surface area (Å²) in [6.45, 7) is 2.22. The first kappa shape index (κ1) is 17.7. The van der Waals surface area contributed by atoms with E-state index in [0.29, 0.717) is 29.5 Å². The first-order valence-corrected chi connectivity index (χ1v) is 8.14. The van der Waals surface area contributed by atoms with Gasteiger partial charge in [0.2, 0.25) is 5.91 Å². The minimum atomic E-state index is -0.0334. The zero-order chi connectivity index (χ0) is 15.7. The minimum absolute atomic E-state index is 0.0334. The van der Waals surface area contributed by atoms with E-state index in [1.165, 1.54) is 0 Å². The van der Waals surface area contributed by atoms with E-state index in [1.807, 2.05) is 6.92 Å². The molecule has 1 amide bonds. The summed E-state index contributed by atoms with van der Waals surface area (Å²) in [5.74, 6) is 2.67. The Morgan fingerprint density at radius 2 is 2.29 bits per heavy atom. The average Bonchev–Trinajstić information content (AvgIpc) is 2.48. The van der Waals surface area contributed by atoms with E-state index < -0.39 is 0 Å². The fourth-order valence-electron chi connectivity index (χ4n) is 1.70. The molecule has 0 heterocycles. The number of methoxy groups -OCH3 is 1. The number of carbonyl (C=O) groups is 1. The fraction of sp³-hybridized carbons (Fsp3) is 0.533. The number of hydrogen-bond donors (Lipinski definition) is 3. The molecule has 21 heavy (non-hydrogen) atoms. The zero-order valence-corrected chi connectivity index (χ0v) is 13.4. The average molecular weight is 312 g/mol. The van der Waals surface area contributed by atoms with E-state index in [1.54, 1.807) is 37.1 Å². The summed E-state index contributed by atoms with van der Waals surface area (Å²) >= 11 is 1.76. The van der Waals surface area contributed by atoms with Gasteiger partial charge in [0, 0.05) is 24.8 Å². The molecule has 0 aliphatic heterocycles. The van der Waals surface area contributed by atoms with Crippen molar-refractivity contribution in [1.29, 1.82) is 0 Å². The number of aliphatic hydroxyl groups is 1. The Morgan fingerprint density at radius 3 is 2.95 bits per heavy atom. The zero-order valence-electron chi connectivity index (χ0n) is 12.6. The Hall–Kier alpha value is -1.40. The van der Waals surface area contributed by atoms with Crippen molar-refractivity contribution in [2.75, 3.05) is 36.3 Å². The van der Waals surface area contributed by atoms with Crippen LogP contribution >= 0.6 is 11.8 Å². The van der Waals surface area contributed by atoms with Crippen LogP contribution in [0, 0.1) is 5.92 Å². The van der Waals surface area contributed by atoms with Gasteiger partial charge in [0.1, 0.15) is 5.75 Å². The van der Waals surface area contributed by atoms with Crippen LogP contribution in [0.15, 0.2) is 18.2 Å².